The van der Waals surface area contributed by atoms with Crippen molar-refractivity contribution in [3.63, 3.8) is 0 Å². The number of fused-ring (bicyclic) bond motifs is 1. The predicted octanol–water partition coefficient (Wildman–Crippen LogP) is 3.03. The third kappa shape index (κ3) is 5.04. The predicted molar refractivity (Wildman–Crippen MR) is 104 cm³/mol. The van der Waals surface area contributed by atoms with Crippen molar-refractivity contribution in [2.45, 2.75) is 13.0 Å². The largest absolute Gasteiger partial charge is 0.573 e. The fourth-order valence-corrected chi connectivity index (χ4v) is 4.01. The van der Waals surface area contributed by atoms with E-state index in [0.29, 0.717) is 31.7 Å². The lowest BCUT2D eigenvalue weighted by molar-refractivity contribution is -0.274. The smallest absolute Gasteiger partial charge is 0.506 e. The number of hydrogen-bond donors (Lipinski definition) is 1. The summed E-state index contributed by atoms with van der Waals surface area (Å²) in [5, 5.41) is 9.30. The van der Waals surface area contributed by atoms with E-state index < -0.39 is 12.5 Å². The van der Waals surface area contributed by atoms with Crippen molar-refractivity contribution >= 4 is 12.0 Å². The second-order valence-electron chi connectivity index (χ2n) is 7.78. The average Bonchev–Trinajstić information content (AvgIpc) is 3.31. The highest BCUT2D eigenvalue weighted by Crippen LogP contribution is 2.32. The molecule has 0 saturated carbocycles. The number of carbonyl (C=O) groups is 2. The summed E-state index contributed by atoms with van der Waals surface area (Å²) in [6.07, 6.45) is -4.05. The molecule has 2 aliphatic heterocycles. The molecule has 3 heterocycles. The molecule has 4 rings (SSSR count). The maximum atomic E-state index is 12.6. The molecule has 11 heteroatoms. The van der Waals surface area contributed by atoms with Gasteiger partial charge >= 0.3 is 12.5 Å². The van der Waals surface area contributed by atoms with E-state index in [4.69, 9.17) is 4.74 Å². The van der Waals surface area contributed by atoms with Gasteiger partial charge in [-0.25, -0.2) is 9.78 Å². The maximum absolute atomic E-state index is 12.6. The zero-order valence-electron chi connectivity index (χ0n) is 16.8. The van der Waals surface area contributed by atoms with E-state index in [1.807, 2.05) is 0 Å². The Labute approximate surface area is 181 Å². The quantitative estimate of drug-likeness (QED) is 0.769. The van der Waals surface area contributed by atoms with Gasteiger partial charge in [-0.3, -0.25) is 4.79 Å². The van der Waals surface area contributed by atoms with Crippen LogP contribution < -0.4 is 4.74 Å². The fourth-order valence-electron chi connectivity index (χ4n) is 4.01. The Bertz CT molecular complexity index is 968. The van der Waals surface area contributed by atoms with Crippen LogP contribution in [-0.2, 0) is 11.3 Å². The summed E-state index contributed by atoms with van der Waals surface area (Å²) < 4.78 is 45.7. The van der Waals surface area contributed by atoms with Crippen LogP contribution >= 0.6 is 0 Å². The first-order valence-corrected chi connectivity index (χ1v) is 9.88. The van der Waals surface area contributed by atoms with Crippen LogP contribution in [0.1, 0.15) is 16.1 Å². The van der Waals surface area contributed by atoms with Gasteiger partial charge in [0.25, 0.3) is 5.91 Å². The molecule has 32 heavy (non-hydrogen) atoms. The first kappa shape index (κ1) is 21.7. The molecule has 2 amide bonds. The third-order valence-corrected chi connectivity index (χ3v) is 5.52. The van der Waals surface area contributed by atoms with Crippen LogP contribution in [0.25, 0.3) is 0 Å². The third-order valence-electron chi connectivity index (χ3n) is 5.52. The summed E-state index contributed by atoms with van der Waals surface area (Å²) in [7, 11) is 0. The topological polar surface area (TPSA) is 92.2 Å². The molecule has 2 fully saturated rings. The number of carbonyl (C=O) groups excluding carboxylic acids is 2. The second-order valence-corrected chi connectivity index (χ2v) is 7.78. The number of hydrogen-bond acceptors (Lipinski definition) is 6. The molecular formula is C21H20F3N3O5. The number of rotatable bonds is 4. The Morgan fingerprint density at radius 3 is 2.19 bits per heavy atom. The number of pyridine rings is 1. The summed E-state index contributed by atoms with van der Waals surface area (Å²) in [5.41, 5.74) is 0.788. The minimum atomic E-state index is -4.76. The van der Waals surface area contributed by atoms with Crippen molar-refractivity contribution < 1.29 is 37.3 Å². The zero-order chi connectivity index (χ0) is 22.9. The van der Waals surface area contributed by atoms with Crippen molar-refractivity contribution in [2.24, 2.45) is 11.8 Å². The Balaban J connectivity index is 1.25. The number of amides is 2. The Kier molecular flexibility index (Phi) is 5.81. The minimum Gasteiger partial charge on any atom is -0.506 e. The van der Waals surface area contributed by atoms with Crippen molar-refractivity contribution in [2.75, 3.05) is 26.2 Å². The molecule has 0 radical (unpaired) electrons. The van der Waals surface area contributed by atoms with Crippen molar-refractivity contribution in [1.82, 2.24) is 14.8 Å². The van der Waals surface area contributed by atoms with Crippen LogP contribution in [0, 0.1) is 11.8 Å². The van der Waals surface area contributed by atoms with Crippen molar-refractivity contribution in [3.05, 3.63) is 53.9 Å². The summed E-state index contributed by atoms with van der Waals surface area (Å²) in [6.45, 7) is 1.82. The first-order chi connectivity index (χ1) is 15.2. The first-order valence-electron chi connectivity index (χ1n) is 9.88. The Hall–Kier alpha value is -3.50. The van der Waals surface area contributed by atoms with Crippen molar-refractivity contribution in [1.29, 1.82) is 0 Å². The minimum absolute atomic E-state index is 0.0143. The number of aromatic hydroxyl groups is 1. The number of benzene rings is 1. The number of likely N-dealkylation sites (tertiary alicyclic amines) is 2. The molecular weight excluding hydrogens is 431 g/mol. The number of nitrogens with zero attached hydrogens (tertiary/aromatic N) is 3. The van der Waals surface area contributed by atoms with Gasteiger partial charge in [0.05, 0.1) is 6.20 Å². The van der Waals surface area contributed by atoms with Gasteiger partial charge in [-0.05, 0) is 29.8 Å². The standard InChI is InChI=1S/C21H20F3N3O5/c22-21(23,24)32-17-4-1-13(2-5-17)12-31-20(30)27-10-14-8-26(9-15(14)11-27)19(29)18-6-3-16(28)7-25-18/h1-7,14-15,28H,8-12H2. The van der Waals surface area contributed by atoms with Crippen molar-refractivity contribution in [3.8, 4) is 11.5 Å². The lowest BCUT2D eigenvalue weighted by atomic mass is 10.0. The maximum Gasteiger partial charge on any atom is 0.573 e. The average molecular weight is 451 g/mol. The van der Waals surface area contributed by atoms with Gasteiger partial charge in [0.1, 0.15) is 23.8 Å². The van der Waals surface area contributed by atoms with Gasteiger partial charge in [0.15, 0.2) is 0 Å². The van der Waals surface area contributed by atoms with Crippen LogP contribution in [0.15, 0.2) is 42.6 Å². The monoisotopic (exact) mass is 451 g/mol. The SMILES string of the molecule is O=C(OCc1ccc(OC(F)(F)F)cc1)N1CC2CN(C(=O)c3ccc(O)cn3)CC2C1. The van der Waals surface area contributed by atoms with E-state index in [0.717, 1.165) is 12.1 Å². The summed E-state index contributed by atoms with van der Waals surface area (Å²) in [6, 6.07) is 7.99. The van der Waals surface area contributed by atoms with Gasteiger partial charge in [0.2, 0.25) is 0 Å². The highest BCUT2D eigenvalue weighted by atomic mass is 19.4. The summed E-state index contributed by atoms with van der Waals surface area (Å²) >= 11 is 0. The lowest BCUT2D eigenvalue weighted by Gasteiger charge is -2.21. The Morgan fingerprint density at radius 1 is 1.00 bits per heavy atom. The van der Waals surface area contributed by atoms with E-state index in [-0.39, 0.29) is 41.5 Å². The lowest BCUT2D eigenvalue weighted by Crippen LogP contribution is -2.36. The fraction of sp³-hybridized carbons (Fsp3) is 0.381. The van der Waals surface area contributed by atoms with Crippen LogP contribution in [-0.4, -0.2) is 64.4 Å². The van der Waals surface area contributed by atoms with Gasteiger partial charge in [0, 0.05) is 38.0 Å². The van der Waals surface area contributed by atoms with Crippen LogP contribution in [0.4, 0.5) is 18.0 Å². The van der Waals surface area contributed by atoms with E-state index in [1.165, 1.54) is 30.5 Å². The molecule has 1 aromatic heterocycles. The molecule has 0 aliphatic carbocycles. The molecule has 2 atom stereocenters. The molecule has 1 N–H and O–H groups in total. The van der Waals surface area contributed by atoms with E-state index >= 15 is 0 Å². The summed E-state index contributed by atoms with van der Waals surface area (Å²) in [5.74, 6) is -0.322. The van der Waals surface area contributed by atoms with E-state index in [9.17, 15) is 27.9 Å². The van der Waals surface area contributed by atoms with Crippen LogP contribution in [0.2, 0.25) is 0 Å². The molecule has 2 aromatic rings. The van der Waals surface area contributed by atoms with Gasteiger partial charge in [-0.15, -0.1) is 13.2 Å². The highest BCUT2D eigenvalue weighted by Gasteiger charge is 2.43. The van der Waals surface area contributed by atoms with Gasteiger partial charge in [-0.1, -0.05) is 12.1 Å². The molecule has 2 aliphatic rings. The molecule has 170 valence electrons. The van der Waals surface area contributed by atoms with Crippen LogP contribution in [0.3, 0.4) is 0 Å². The van der Waals surface area contributed by atoms with Crippen LogP contribution in [0.5, 0.6) is 11.5 Å². The number of halogens is 3. The van der Waals surface area contributed by atoms with Gasteiger partial charge < -0.3 is 24.4 Å². The highest BCUT2D eigenvalue weighted by molar-refractivity contribution is 5.92. The number of ether oxygens (including phenoxy) is 2. The zero-order valence-corrected chi connectivity index (χ0v) is 16.8. The molecule has 0 spiro atoms. The molecule has 1 aromatic carbocycles. The molecule has 2 saturated heterocycles. The molecule has 8 nitrogen and oxygen atoms in total. The normalized spacial score (nSPS) is 20.2. The van der Waals surface area contributed by atoms with Gasteiger partial charge in [-0.2, -0.15) is 0 Å². The van der Waals surface area contributed by atoms with E-state index in [2.05, 4.69) is 9.72 Å². The Morgan fingerprint density at radius 2 is 1.62 bits per heavy atom. The summed E-state index contributed by atoms with van der Waals surface area (Å²) in [4.78, 5) is 32.2. The number of alkyl halides is 3. The molecule has 0 bridgehead atoms. The van der Waals surface area contributed by atoms with E-state index in [1.54, 1.807) is 9.80 Å². The molecule has 2 unspecified atom stereocenters. The second kappa shape index (κ2) is 8.56. The number of aromatic nitrogens is 1.